The summed E-state index contributed by atoms with van der Waals surface area (Å²) in [6.45, 7) is 11.0. The highest BCUT2D eigenvalue weighted by atomic mass is 19.4. The van der Waals surface area contributed by atoms with E-state index >= 15 is 4.39 Å². The number of carboxylic acids is 1. The van der Waals surface area contributed by atoms with Crippen molar-refractivity contribution in [2.75, 3.05) is 20.6 Å². The van der Waals surface area contributed by atoms with Crippen LogP contribution in [0.2, 0.25) is 0 Å². The van der Waals surface area contributed by atoms with E-state index in [-0.39, 0.29) is 29.9 Å². The average molecular weight is 676 g/mol. The zero-order valence-electron chi connectivity index (χ0n) is 28.7. The Morgan fingerprint density at radius 2 is 1.56 bits per heavy atom. The number of aryl methyl sites for hydroxylation is 5. The van der Waals surface area contributed by atoms with E-state index in [1.807, 2.05) is 32.9 Å². The summed E-state index contributed by atoms with van der Waals surface area (Å²) in [4.78, 5) is 41.1. The maximum Gasteiger partial charge on any atom is 0.416 e. The Labute approximate surface area is 278 Å². The molecule has 0 aliphatic heterocycles. The molecule has 0 saturated heterocycles. The minimum Gasteiger partial charge on any atom is -0.481 e. The normalized spacial score (nSPS) is 13.9. The third kappa shape index (κ3) is 9.10. The van der Waals surface area contributed by atoms with Crippen LogP contribution < -0.4 is 10.9 Å². The number of amides is 1. The van der Waals surface area contributed by atoms with Crippen molar-refractivity contribution >= 4 is 11.9 Å². The smallest absolute Gasteiger partial charge is 0.416 e. The zero-order valence-corrected chi connectivity index (χ0v) is 28.7. The molecule has 48 heavy (non-hydrogen) atoms. The Balaban J connectivity index is 2.19. The van der Waals surface area contributed by atoms with Gasteiger partial charge in [0.05, 0.1) is 12.0 Å². The summed E-state index contributed by atoms with van der Waals surface area (Å²) in [5.74, 6) is -3.83. The van der Waals surface area contributed by atoms with Gasteiger partial charge in [0.15, 0.2) is 5.72 Å². The first-order valence-electron chi connectivity index (χ1n) is 15.8. The van der Waals surface area contributed by atoms with E-state index in [9.17, 15) is 37.8 Å². The number of hydrogen-bond donors (Lipinski definition) is 3. The fourth-order valence-electron chi connectivity index (χ4n) is 6.24. The SMILES string of the molecule is Cc1cc(C)c(-c2cc(C)c(F)c([C@](O)(CC(=O)O)NC(=O)C(CC(C)C)n3cc(CCCN(C)C)c(C(F)(F)F)cc3=O)c2)c(C)c1. The van der Waals surface area contributed by atoms with Gasteiger partial charge in [-0.1, -0.05) is 31.5 Å². The summed E-state index contributed by atoms with van der Waals surface area (Å²) < 4.78 is 58.7. The molecule has 3 rings (SSSR count). The molecule has 0 aliphatic rings. The Kier molecular flexibility index (Phi) is 12.0. The molecule has 0 fully saturated rings. The van der Waals surface area contributed by atoms with Crippen molar-refractivity contribution < 1.29 is 37.4 Å². The highest BCUT2D eigenvalue weighted by molar-refractivity contribution is 5.82. The maximum absolute atomic E-state index is 15.9. The molecule has 0 aliphatic carbocycles. The van der Waals surface area contributed by atoms with Crippen molar-refractivity contribution in [3.05, 3.63) is 91.6 Å². The molecule has 12 heteroatoms. The van der Waals surface area contributed by atoms with Gasteiger partial charge in [-0.2, -0.15) is 13.2 Å². The quantitative estimate of drug-likeness (QED) is 0.142. The van der Waals surface area contributed by atoms with Gasteiger partial charge in [0.2, 0.25) is 5.91 Å². The molecular formula is C36H45F4N3O5. The van der Waals surface area contributed by atoms with Gasteiger partial charge in [0, 0.05) is 17.8 Å². The monoisotopic (exact) mass is 675 g/mol. The molecule has 2 aromatic carbocycles. The number of carbonyl (C=O) groups excluding carboxylic acids is 1. The molecule has 1 heterocycles. The molecule has 1 amide bonds. The van der Waals surface area contributed by atoms with E-state index in [2.05, 4.69) is 5.32 Å². The first-order chi connectivity index (χ1) is 22.1. The molecule has 1 aromatic heterocycles. The van der Waals surface area contributed by atoms with E-state index in [4.69, 9.17) is 0 Å². The van der Waals surface area contributed by atoms with Crippen LogP contribution in [0.4, 0.5) is 17.6 Å². The van der Waals surface area contributed by atoms with Crippen LogP contribution in [-0.2, 0) is 27.9 Å². The second-order valence-corrected chi connectivity index (χ2v) is 13.4. The number of aromatic nitrogens is 1. The van der Waals surface area contributed by atoms with Gasteiger partial charge in [-0.25, -0.2) is 4.39 Å². The number of aliphatic carboxylic acids is 1. The number of rotatable bonds is 13. The maximum atomic E-state index is 15.9. The molecule has 0 radical (unpaired) electrons. The van der Waals surface area contributed by atoms with Gasteiger partial charge in [-0.05, 0) is 119 Å². The minimum absolute atomic E-state index is 0.0403. The van der Waals surface area contributed by atoms with Crippen LogP contribution in [0.3, 0.4) is 0 Å². The fraction of sp³-hybridized carbons (Fsp3) is 0.472. The summed E-state index contributed by atoms with van der Waals surface area (Å²) in [6, 6.07) is 5.71. The van der Waals surface area contributed by atoms with Crippen molar-refractivity contribution in [3.8, 4) is 11.1 Å². The molecule has 0 saturated carbocycles. The van der Waals surface area contributed by atoms with Crippen molar-refractivity contribution in [1.29, 1.82) is 0 Å². The highest BCUT2D eigenvalue weighted by Crippen LogP contribution is 2.36. The van der Waals surface area contributed by atoms with Crippen LogP contribution in [0.25, 0.3) is 11.1 Å². The van der Waals surface area contributed by atoms with Crippen LogP contribution in [0.5, 0.6) is 0 Å². The molecule has 2 atom stereocenters. The van der Waals surface area contributed by atoms with Gasteiger partial charge in [0.1, 0.15) is 11.9 Å². The second kappa shape index (κ2) is 15.0. The van der Waals surface area contributed by atoms with E-state index in [1.165, 1.54) is 13.0 Å². The van der Waals surface area contributed by atoms with Gasteiger partial charge < -0.3 is 25.0 Å². The predicted molar refractivity (Wildman–Crippen MR) is 176 cm³/mol. The van der Waals surface area contributed by atoms with Crippen molar-refractivity contribution in [3.63, 3.8) is 0 Å². The Hall–Kier alpha value is -4.03. The standard InChI is InChI=1S/C36H45F4N3O5/c1-20(2)12-29(43-19-25(10-9-11-42(7)8)27(17-30(43)44)36(38,39)40)34(47)41-35(48,18-31(45)46)28-16-26(15-24(6)33(28)37)32-22(4)13-21(3)14-23(32)5/h13-17,19-20,29,48H,9-12,18H2,1-8H3,(H,41,47)(H,45,46)/t29?,35-/m1/s1. The number of aliphatic hydroxyl groups is 1. The summed E-state index contributed by atoms with van der Waals surface area (Å²) in [7, 11) is 3.55. The molecular weight excluding hydrogens is 630 g/mol. The number of hydrogen-bond acceptors (Lipinski definition) is 5. The Bertz CT molecular complexity index is 1710. The molecule has 1 unspecified atom stereocenters. The topological polar surface area (TPSA) is 112 Å². The average Bonchev–Trinajstić information content (AvgIpc) is 2.92. The largest absolute Gasteiger partial charge is 0.481 e. The fourth-order valence-corrected chi connectivity index (χ4v) is 6.24. The second-order valence-electron chi connectivity index (χ2n) is 13.4. The Morgan fingerprint density at radius 1 is 0.958 bits per heavy atom. The number of pyridine rings is 1. The van der Waals surface area contributed by atoms with Crippen LogP contribution >= 0.6 is 0 Å². The molecule has 0 bridgehead atoms. The minimum atomic E-state index is -4.82. The van der Waals surface area contributed by atoms with E-state index in [1.54, 1.807) is 38.9 Å². The first kappa shape index (κ1) is 38.4. The predicted octanol–water partition coefficient (Wildman–Crippen LogP) is 6.42. The molecule has 262 valence electrons. The zero-order chi connectivity index (χ0) is 36.3. The lowest BCUT2D eigenvalue weighted by molar-refractivity contribution is -0.148. The number of halogens is 4. The number of carboxylic acid groups (broad SMARTS) is 1. The highest BCUT2D eigenvalue weighted by Gasteiger charge is 2.41. The van der Waals surface area contributed by atoms with Gasteiger partial charge in [-0.15, -0.1) is 0 Å². The summed E-state index contributed by atoms with van der Waals surface area (Å²) in [5, 5.41) is 23.9. The van der Waals surface area contributed by atoms with Gasteiger partial charge in [0.25, 0.3) is 5.56 Å². The molecule has 8 nitrogen and oxygen atoms in total. The molecule has 3 N–H and O–H groups in total. The Morgan fingerprint density at radius 3 is 2.08 bits per heavy atom. The summed E-state index contributed by atoms with van der Waals surface area (Å²) in [5.41, 5.74) is -1.67. The van der Waals surface area contributed by atoms with Crippen LogP contribution in [0.15, 0.2) is 41.3 Å². The number of nitrogens with zero attached hydrogens (tertiary/aromatic N) is 2. The van der Waals surface area contributed by atoms with Crippen LogP contribution in [0.1, 0.15) is 78.1 Å². The molecule has 0 spiro atoms. The first-order valence-corrected chi connectivity index (χ1v) is 15.8. The third-order valence-electron chi connectivity index (χ3n) is 8.26. The van der Waals surface area contributed by atoms with Gasteiger partial charge in [-0.3, -0.25) is 14.4 Å². The van der Waals surface area contributed by atoms with Crippen molar-refractivity contribution in [2.45, 2.75) is 85.2 Å². The van der Waals surface area contributed by atoms with Crippen LogP contribution in [-0.4, -0.2) is 52.2 Å². The van der Waals surface area contributed by atoms with Gasteiger partial charge >= 0.3 is 12.1 Å². The lowest BCUT2D eigenvalue weighted by Crippen LogP contribution is -2.51. The van der Waals surface area contributed by atoms with E-state index < -0.39 is 58.7 Å². The van der Waals surface area contributed by atoms with E-state index in [0.717, 1.165) is 33.0 Å². The lowest BCUT2D eigenvalue weighted by atomic mass is 9.88. The summed E-state index contributed by atoms with van der Waals surface area (Å²) in [6.07, 6.45) is -4.71. The van der Waals surface area contributed by atoms with Crippen molar-refractivity contribution in [1.82, 2.24) is 14.8 Å². The number of nitrogens with one attached hydrogen (secondary N) is 1. The van der Waals surface area contributed by atoms with Crippen LogP contribution in [0, 0.1) is 39.4 Å². The number of carbonyl (C=O) groups is 2. The molecule has 3 aromatic rings. The number of alkyl halides is 3. The third-order valence-corrected chi connectivity index (χ3v) is 8.26. The summed E-state index contributed by atoms with van der Waals surface area (Å²) >= 11 is 0. The lowest BCUT2D eigenvalue weighted by Gasteiger charge is -2.32. The van der Waals surface area contributed by atoms with Crippen molar-refractivity contribution in [2.24, 2.45) is 5.92 Å². The van der Waals surface area contributed by atoms with E-state index in [0.29, 0.717) is 24.6 Å². The number of benzene rings is 2.